The molecule has 1 N–H and O–H groups in total. The molecular formula is C20H20N6O. The molecule has 4 aromatic heterocycles. The Hall–Kier alpha value is -3.22. The minimum absolute atomic E-state index is 0.685. The van der Waals surface area contributed by atoms with E-state index in [2.05, 4.69) is 19.9 Å². The molecule has 136 valence electrons. The van der Waals surface area contributed by atoms with Crippen molar-refractivity contribution in [2.45, 2.75) is 19.3 Å². The van der Waals surface area contributed by atoms with Crippen molar-refractivity contribution in [2.75, 3.05) is 25.1 Å². The van der Waals surface area contributed by atoms with Crippen molar-refractivity contribution in [2.24, 2.45) is 0 Å². The van der Waals surface area contributed by atoms with Crippen molar-refractivity contribution < 1.29 is 4.74 Å². The van der Waals surface area contributed by atoms with Gasteiger partial charge in [0.15, 0.2) is 5.82 Å². The SMILES string of the molecule is COc1cncc2nc(-c3ccnc4[nH]ccc34)nc(N3CCCCC3)c12. The Kier molecular flexibility index (Phi) is 3.85. The molecule has 0 bridgehead atoms. The minimum atomic E-state index is 0.685. The van der Waals surface area contributed by atoms with Gasteiger partial charge in [-0.05, 0) is 31.4 Å². The summed E-state index contributed by atoms with van der Waals surface area (Å²) in [7, 11) is 1.66. The lowest BCUT2D eigenvalue weighted by Gasteiger charge is -2.29. The second-order valence-corrected chi connectivity index (χ2v) is 6.75. The quantitative estimate of drug-likeness (QED) is 0.602. The van der Waals surface area contributed by atoms with Crippen LogP contribution in [0.15, 0.2) is 36.9 Å². The third kappa shape index (κ3) is 2.66. The van der Waals surface area contributed by atoms with Crippen LogP contribution in [0, 0.1) is 0 Å². The number of ether oxygens (including phenoxy) is 1. The van der Waals surface area contributed by atoms with Gasteiger partial charge in [-0.15, -0.1) is 0 Å². The van der Waals surface area contributed by atoms with E-state index in [1.807, 2.05) is 18.3 Å². The lowest BCUT2D eigenvalue weighted by Crippen LogP contribution is -2.30. The van der Waals surface area contributed by atoms with Gasteiger partial charge in [-0.1, -0.05) is 0 Å². The number of methoxy groups -OCH3 is 1. The molecule has 5 heterocycles. The maximum absolute atomic E-state index is 5.58. The average molecular weight is 360 g/mol. The van der Waals surface area contributed by atoms with Crippen LogP contribution in [0.3, 0.4) is 0 Å². The number of H-pyrrole nitrogens is 1. The van der Waals surface area contributed by atoms with E-state index in [0.717, 1.165) is 46.4 Å². The number of hydrogen-bond acceptors (Lipinski definition) is 6. The van der Waals surface area contributed by atoms with E-state index in [0.29, 0.717) is 11.6 Å². The van der Waals surface area contributed by atoms with E-state index in [9.17, 15) is 0 Å². The molecule has 0 unspecified atom stereocenters. The summed E-state index contributed by atoms with van der Waals surface area (Å²) in [6, 6.07) is 3.97. The largest absolute Gasteiger partial charge is 0.494 e. The van der Waals surface area contributed by atoms with Gasteiger partial charge in [0, 0.05) is 36.4 Å². The molecule has 0 aliphatic carbocycles. The number of piperidine rings is 1. The zero-order valence-electron chi connectivity index (χ0n) is 15.1. The molecule has 0 aromatic carbocycles. The molecule has 4 aromatic rings. The highest BCUT2D eigenvalue weighted by atomic mass is 16.5. The Morgan fingerprint density at radius 3 is 2.81 bits per heavy atom. The van der Waals surface area contributed by atoms with Crippen molar-refractivity contribution in [1.29, 1.82) is 0 Å². The fourth-order valence-corrected chi connectivity index (χ4v) is 3.80. The number of fused-ring (bicyclic) bond motifs is 2. The van der Waals surface area contributed by atoms with Crippen LogP contribution in [0.25, 0.3) is 33.3 Å². The summed E-state index contributed by atoms with van der Waals surface area (Å²) in [6.07, 6.45) is 10.8. The molecule has 7 nitrogen and oxygen atoms in total. The summed E-state index contributed by atoms with van der Waals surface area (Å²) < 4.78 is 5.58. The Morgan fingerprint density at radius 2 is 1.96 bits per heavy atom. The normalized spacial score (nSPS) is 14.8. The van der Waals surface area contributed by atoms with Crippen LogP contribution in [0.1, 0.15) is 19.3 Å². The second-order valence-electron chi connectivity index (χ2n) is 6.75. The van der Waals surface area contributed by atoms with Crippen molar-refractivity contribution in [3.05, 3.63) is 36.9 Å². The van der Waals surface area contributed by atoms with Gasteiger partial charge in [0.05, 0.1) is 30.4 Å². The number of nitrogens with zero attached hydrogens (tertiary/aromatic N) is 5. The van der Waals surface area contributed by atoms with Gasteiger partial charge in [0.1, 0.15) is 17.2 Å². The Balaban J connectivity index is 1.78. The van der Waals surface area contributed by atoms with E-state index in [1.165, 1.54) is 19.3 Å². The van der Waals surface area contributed by atoms with Gasteiger partial charge in [0.25, 0.3) is 0 Å². The van der Waals surface area contributed by atoms with E-state index in [-0.39, 0.29) is 0 Å². The molecule has 0 amide bonds. The Labute approximate surface area is 156 Å². The van der Waals surface area contributed by atoms with E-state index >= 15 is 0 Å². The number of aromatic amines is 1. The summed E-state index contributed by atoms with van der Waals surface area (Å²) in [5.41, 5.74) is 2.59. The lowest BCUT2D eigenvalue weighted by atomic mass is 10.1. The summed E-state index contributed by atoms with van der Waals surface area (Å²) in [5, 5.41) is 1.94. The van der Waals surface area contributed by atoms with Gasteiger partial charge < -0.3 is 14.6 Å². The zero-order chi connectivity index (χ0) is 18.2. The summed E-state index contributed by atoms with van der Waals surface area (Å²) in [4.78, 5) is 24.0. The predicted molar refractivity (Wildman–Crippen MR) is 105 cm³/mol. The average Bonchev–Trinajstić information content (AvgIpc) is 3.22. The fraction of sp³-hybridized carbons (Fsp3) is 0.300. The van der Waals surface area contributed by atoms with Gasteiger partial charge in [-0.3, -0.25) is 4.98 Å². The van der Waals surface area contributed by atoms with Crippen molar-refractivity contribution in [3.8, 4) is 17.1 Å². The molecular weight excluding hydrogens is 340 g/mol. The Morgan fingerprint density at radius 1 is 1.07 bits per heavy atom. The van der Waals surface area contributed by atoms with Gasteiger partial charge in [-0.25, -0.2) is 15.0 Å². The molecule has 0 spiro atoms. The summed E-state index contributed by atoms with van der Waals surface area (Å²) in [5.74, 6) is 2.32. The highest BCUT2D eigenvalue weighted by Gasteiger charge is 2.21. The standard InChI is InChI=1S/C20H20N6O/c1-27-16-12-21-11-15-17(16)20(26-9-3-2-4-10-26)25-19(24-15)14-6-8-23-18-13(14)5-7-22-18/h5-8,11-12H,2-4,9-10H2,1H3,(H,22,23). The van der Waals surface area contributed by atoms with E-state index in [1.54, 1.807) is 25.7 Å². The Bertz CT molecular complexity index is 1120. The van der Waals surface area contributed by atoms with Gasteiger partial charge in [-0.2, -0.15) is 0 Å². The summed E-state index contributed by atoms with van der Waals surface area (Å²) >= 11 is 0. The molecule has 5 rings (SSSR count). The van der Waals surface area contributed by atoms with Crippen LogP contribution in [-0.4, -0.2) is 45.1 Å². The number of nitrogens with one attached hydrogen (secondary N) is 1. The molecule has 0 saturated carbocycles. The number of hydrogen-bond donors (Lipinski definition) is 1. The first kappa shape index (κ1) is 16.0. The first-order valence-corrected chi connectivity index (χ1v) is 9.22. The zero-order valence-corrected chi connectivity index (χ0v) is 15.1. The molecule has 1 fully saturated rings. The van der Waals surface area contributed by atoms with Gasteiger partial charge >= 0.3 is 0 Å². The molecule has 0 radical (unpaired) electrons. The molecule has 7 heteroatoms. The number of aromatic nitrogens is 5. The molecule has 27 heavy (non-hydrogen) atoms. The molecule has 1 aliphatic heterocycles. The monoisotopic (exact) mass is 360 g/mol. The van der Waals surface area contributed by atoms with E-state index < -0.39 is 0 Å². The predicted octanol–water partition coefficient (Wildman–Crippen LogP) is 3.57. The van der Waals surface area contributed by atoms with Crippen LogP contribution in [0.2, 0.25) is 0 Å². The number of anilines is 1. The van der Waals surface area contributed by atoms with Gasteiger partial charge in [0.2, 0.25) is 0 Å². The molecule has 1 aliphatic rings. The first-order valence-electron chi connectivity index (χ1n) is 9.22. The smallest absolute Gasteiger partial charge is 0.163 e. The second kappa shape index (κ2) is 6.50. The lowest BCUT2D eigenvalue weighted by molar-refractivity contribution is 0.417. The third-order valence-corrected chi connectivity index (χ3v) is 5.13. The topological polar surface area (TPSA) is 79.8 Å². The van der Waals surface area contributed by atoms with Crippen molar-refractivity contribution in [1.82, 2.24) is 24.9 Å². The van der Waals surface area contributed by atoms with Crippen molar-refractivity contribution in [3.63, 3.8) is 0 Å². The number of pyridine rings is 2. The van der Waals surface area contributed by atoms with Crippen LogP contribution in [-0.2, 0) is 0 Å². The van der Waals surface area contributed by atoms with Crippen LogP contribution in [0.5, 0.6) is 5.75 Å². The maximum atomic E-state index is 5.58. The minimum Gasteiger partial charge on any atom is -0.494 e. The highest BCUT2D eigenvalue weighted by Crippen LogP contribution is 2.35. The maximum Gasteiger partial charge on any atom is 0.163 e. The van der Waals surface area contributed by atoms with E-state index in [4.69, 9.17) is 14.7 Å². The third-order valence-electron chi connectivity index (χ3n) is 5.13. The molecule has 0 atom stereocenters. The highest BCUT2D eigenvalue weighted by molar-refractivity contribution is 5.98. The number of rotatable bonds is 3. The fourth-order valence-electron chi connectivity index (χ4n) is 3.80. The first-order chi connectivity index (χ1) is 13.3. The molecule has 1 saturated heterocycles. The van der Waals surface area contributed by atoms with Crippen LogP contribution < -0.4 is 9.64 Å². The van der Waals surface area contributed by atoms with Crippen LogP contribution >= 0.6 is 0 Å². The van der Waals surface area contributed by atoms with Crippen LogP contribution in [0.4, 0.5) is 5.82 Å². The van der Waals surface area contributed by atoms with Crippen molar-refractivity contribution >= 4 is 27.8 Å². The summed E-state index contributed by atoms with van der Waals surface area (Å²) in [6.45, 7) is 1.99.